The van der Waals surface area contributed by atoms with Crippen LogP contribution in [0.2, 0.25) is 0 Å². The predicted molar refractivity (Wildman–Crippen MR) is 31.8 cm³/mol. The zero-order chi connectivity index (χ0) is 6.57. The first-order valence-corrected chi connectivity index (χ1v) is 2.69. The molecular formula is C6H12O2. The molecule has 0 saturated carbocycles. The number of hydrogen-bond donors (Lipinski definition) is 0. The molecule has 0 unspecified atom stereocenters. The zero-order valence-corrected chi connectivity index (χ0v) is 5.60. The smallest absolute Gasteiger partial charge is 0.132 e. The molecule has 0 radical (unpaired) electrons. The van der Waals surface area contributed by atoms with Crippen LogP contribution >= 0.6 is 0 Å². The van der Waals surface area contributed by atoms with Gasteiger partial charge in [0.2, 0.25) is 0 Å². The largest absolute Gasteiger partial charge is 0.381 e. The number of ether oxygens (including phenoxy) is 1. The average molecular weight is 116 g/mol. The van der Waals surface area contributed by atoms with Crippen LogP contribution < -0.4 is 0 Å². The van der Waals surface area contributed by atoms with E-state index >= 15 is 0 Å². The van der Waals surface area contributed by atoms with E-state index in [1.54, 1.807) is 14.0 Å². The minimum Gasteiger partial charge on any atom is -0.381 e. The van der Waals surface area contributed by atoms with Crippen LogP contribution in [-0.2, 0) is 9.53 Å². The SMILES string of the molecule is CO[C@@H](C)CC(C)=O. The van der Waals surface area contributed by atoms with Crippen molar-refractivity contribution in [2.24, 2.45) is 0 Å². The van der Waals surface area contributed by atoms with E-state index in [-0.39, 0.29) is 11.9 Å². The molecule has 0 aromatic carbocycles. The Bertz CT molecular complexity index is 78.6. The minimum atomic E-state index is 0.0764. The minimum absolute atomic E-state index is 0.0764. The zero-order valence-electron chi connectivity index (χ0n) is 5.60. The lowest BCUT2D eigenvalue weighted by Crippen LogP contribution is -2.08. The summed E-state index contributed by atoms with van der Waals surface area (Å²) in [6.45, 7) is 3.44. The lowest BCUT2D eigenvalue weighted by molar-refractivity contribution is -0.119. The van der Waals surface area contributed by atoms with Crippen LogP contribution in [0.5, 0.6) is 0 Å². The first-order chi connectivity index (χ1) is 3.66. The molecule has 0 fully saturated rings. The van der Waals surface area contributed by atoms with Crippen LogP contribution in [0.4, 0.5) is 0 Å². The molecule has 0 amide bonds. The van der Waals surface area contributed by atoms with Crippen LogP contribution in [0.25, 0.3) is 0 Å². The highest BCUT2D eigenvalue weighted by molar-refractivity contribution is 5.75. The van der Waals surface area contributed by atoms with Crippen molar-refractivity contribution in [3.8, 4) is 0 Å². The van der Waals surface area contributed by atoms with E-state index in [1.807, 2.05) is 6.92 Å². The summed E-state index contributed by atoms with van der Waals surface area (Å²) in [5.41, 5.74) is 0. The van der Waals surface area contributed by atoms with Crippen molar-refractivity contribution in [3.63, 3.8) is 0 Å². The highest BCUT2D eigenvalue weighted by Crippen LogP contribution is 1.94. The quantitative estimate of drug-likeness (QED) is 0.550. The van der Waals surface area contributed by atoms with Crippen molar-refractivity contribution < 1.29 is 9.53 Å². The molecule has 0 rings (SSSR count). The van der Waals surface area contributed by atoms with Gasteiger partial charge in [-0.2, -0.15) is 0 Å². The number of ketones is 1. The summed E-state index contributed by atoms with van der Waals surface area (Å²) in [6, 6.07) is 0. The fourth-order valence-corrected chi connectivity index (χ4v) is 0.488. The summed E-state index contributed by atoms with van der Waals surface area (Å²) >= 11 is 0. The Labute approximate surface area is 49.8 Å². The van der Waals surface area contributed by atoms with E-state index in [9.17, 15) is 4.79 Å². The number of methoxy groups -OCH3 is 1. The van der Waals surface area contributed by atoms with Gasteiger partial charge in [0.05, 0.1) is 6.10 Å². The van der Waals surface area contributed by atoms with Gasteiger partial charge in [0.1, 0.15) is 5.78 Å². The number of carbonyl (C=O) groups excluding carboxylic acids is 1. The Balaban J connectivity index is 3.24. The van der Waals surface area contributed by atoms with Crippen LogP contribution in [0.3, 0.4) is 0 Å². The van der Waals surface area contributed by atoms with E-state index in [2.05, 4.69) is 0 Å². The first kappa shape index (κ1) is 7.63. The molecule has 0 spiro atoms. The molecule has 0 bridgehead atoms. The van der Waals surface area contributed by atoms with Crippen molar-refractivity contribution in [2.75, 3.05) is 7.11 Å². The monoisotopic (exact) mass is 116 g/mol. The molecule has 0 saturated heterocycles. The Morgan fingerprint density at radius 3 is 2.38 bits per heavy atom. The molecule has 0 aliphatic heterocycles. The highest BCUT2D eigenvalue weighted by atomic mass is 16.5. The summed E-state index contributed by atoms with van der Waals surface area (Å²) < 4.78 is 4.84. The Kier molecular flexibility index (Phi) is 3.44. The van der Waals surface area contributed by atoms with Crippen LogP contribution in [0.1, 0.15) is 20.3 Å². The van der Waals surface area contributed by atoms with Gasteiger partial charge in [0, 0.05) is 13.5 Å². The van der Waals surface area contributed by atoms with Gasteiger partial charge < -0.3 is 4.74 Å². The van der Waals surface area contributed by atoms with Crippen molar-refractivity contribution in [2.45, 2.75) is 26.4 Å². The van der Waals surface area contributed by atoms with E-state index < -0.39 is 0 Å². The van der Waals surface area contributed by atoms with Crippen molar-refractivity contribution >= 4 is 5.78 Å². The lowest BCUT2D eigenvalue weighted by Gasteiger charge is -2.03. The number of hydrogen-bond acceptors (Lipinski definition) is 2. The summed E-state index contributed by atoms with van der Waals surface area (Å²) in [7, 11) is 1.60. The highest BCUT2D eigenvalue weighted by Gasteiger charge is 2.00. The molecule has 0 aliphatic carbocycles. The van der Waals surface area contributed by atoms with Gasteiger partial charge in [-0.3, -0.25) is 4.79 Å². The third-order valence-corrected chi connectivity index (χ3v) is 0.977. The van der Waals surface area contributed by atoms with E-state index in [1.165, 1.54) is 0 Å². The third kappa shape index (κ3) is 3.81. The van der Waals surface area contributed by atoms with Crippen molar-refractivity contribution in [1.82, 2.24) is 0 Å². The molecule has 48 valence electrons. The molecule has 0 aromatic rings. The molecule has 0 N–H and O–H groups in total. The van der Waals surface area contributed by atoms with E-state index in [0.29, 0.717) is 6.42 Å². The topological polar surface area (TPSA) is 26.3 Å². The second kappa shape index (κ2) is 3.61. The lowest BCUT2D eigenvalue weighted by atomic mass is 10.2. The fourth-order valence-electron chi connectivity index (χ4n) is 0.488. The van der Waals surface area contributed by atoms with Crippen molar-refractivity contribution in [3.05, 3.63) is 0 Å². The van der Waals surface area contributed by atoms with Crippen LogP contribution in [0, 0.1) is 0 Å². The summed E-state index contributed by atoms with van der Waals surface area (Å²) in [4.78, 5) is 10.3. The average Bonchev–Trinajstić information content (AvgIpc) is 1.65. The fraction of sp³-hybridized carbons (Fsp3) is 0.833. The standard InChI is InChI=1S/C6H12O2/c1-5(7)4-6(2)8-3/h6H,4H2,1-3H3/t6-/m0/s1. The first-order valence-electron chi connectivity index (χ1n) is 2.69. The van der Waals surface area contributed by atoms with Crippen molar-refractivity contribution in [1.29, 1.82) is 0 Å². The number of rotatable bonds is 3. The third-order valence-electron chi connectivity index (χ3n) is 0.977. The van der Waals surface area contributed by atoms with Gasteiger partial charge in [-0.1, -0.05) is 0 Å². The van der Waals surface area contributed by atoms with E-state index in [4.69, 9.17) is 4.74 Å². The molecule has 0 heterocycles. The van der Waals surface area contributed by atoms with Gasteiger partial charge in [0.25, 0.3) is 0 Å². The maximum atomic E-state index is 10.3. The van der Waals surface area contributed by atoms with Gasteiger partial charge >= 0.3 is 0 Å². The second-order valence-corrected chi connectivity index (χ2v) is 1.95. The Morgan fingerprint density at radius 2 is 2.25 bits per heavy atom. The number of carbonyl (C=O) groups is 1. The molecule has 1 atom stereocenters. The van der Waals surface area contributed by atoms with Crippen LogP contribution in [-0.4, -0.2) is 19.0 Å². The normalized spacial score (nSPS) is 13.4. The van der Waals surface area contributed by atoms with Crippen LogP contribution in [0.15, 0.2) is 0 Å². The maximum absolute atomic E-state index is 10.3. The molecule has 2 nitrogen and oxygen atoms in total. The summed E-state index contributed by atoms with van der Waals surface area (Å²) in [5.74, 6) is 0.180. The molecule has 0 aliphatic rings. The number of Topliss-reactive ketones (excluding diaryl/α,β-unsaturated/α-hetero) is 1. The summed E-state index contributed by atoms with van der Waals surface area (Å²) in [5, 5.41) is 0. The second-order valence-electron chi connectivity index (χ2n) is 1.95. The van der Waals surface area contributed by atoms with Gasteiger partial charge in [-0.25, -0.2) is 0 Å². The Hall–Kier alpha value is -0.370. The predicted octanol–water partition coefficient (Wildman–Crippen LogP) is 1.00. The van der Waals surface area contributed by atoms with E-state index in [0.717, 1.165) is 0 Å². The van der Waals surface area contributed by atoms with Gasteiger partial charge in [0.15, 0.2) is 0 Å². The van der Waals surface area contributed by atoms with Gasteiger partial charge in [-0.15, -0.1) is 0 Å². The molecule has 0 aromatic heterocycles. The molecule has 8 heavy (non-hydrogen) atoms. The summed E-state index contributed by atoms with van der Waals surface area (Å²) in [6.07, 6.45) is 0.601. The maximum Gasteiger partial charge on any atom is 0.132 e. The van der Waals surface area contributed by atoms with Gasteiger partial charge in [-0.05, 0) is 13.8 Å². The Morgan fingerprint density at radius 1 is 1.75 bits per heavy atom. The molecule has 2 heteroatoms. The molecular weight excluding hydrogens is 104 g/mol.